The molecule has 0 aromatic heterocycles. The lowest BCUT2D eigenvalue weighted by atomic mass is 9.97. The molecule has 0 spiro atoms. The summed E-state index contributed by atoms with van der Waals surface area (Å²) in [5.41, 5.74) is 0. The van der Waals surface area contributed by atoms with Crippen LogP contribution in [0.25, 0.3) is 0 Å². The van der Waals surface area contributed by atoms with Crippen LogP contribution in [0.1, 0.15) is 19.3 Å². The van der Waals surface area contributed by atoms with E-state index in [4.69, 9.17) is 6.42 Å². The van der Waals surface area contributed by atoms with Crippen molar-refractivity contribution in [3.63, 3.8) is 0 Å². The van der Waals surface area contributed by atoms with Gasteiger partial charge < -0.3 is 10.2 Å². The van der Waals surface area contributed by atoms with Crippen LogP contribution in [0.2, 0.25) is 0 Å². The van der Waals surface area contributed by atoms with E-state index in [9.17, 15) is 4.79 Å². The standard InChI is InChI=1S/C11H18N2O/c1-3-4-11(14)13-7-5-10(6-8-13)9-12-2/h1,10,12H,4-9H2,2H3. The first-order valence-electron chi connectivity index (χ1n) is 5.13. The molecule has 1 aliphatic rings. The van der Waals surface area contributed by atoms with E-state index in [2.05, 4.69) is 11.2 Å². The predicted octanol–water partition coefficient (Wildman–Crippen LogP) is 0.468. The summed E-state index contributed by atoms with van der Waals surface area (Å²) >= 11 is 0. The first kappa shape index (κ1) is 11.1. The molecule has 1 fully saturated rings. The number of terminal acetylenes is 1. The third kappa shape index (κ3) is 3.04. The number of carbonyl (C=O) groups is 1. The van der Waals surface area contributed by atoms with Crippen LogP contribution < -0.4 is 5.32 Å². The molecule has 1 saturated heterocycles. The molecule has 0 aromatic carbocycles. The molecule has 0 bridgehead atoms. The van der Waals surface area contributed by atoms with E-state index in [1.165, 1.54) is 0 Å². The fourth-order valence-corrected chi connectivity index (χ4v) is 1.87. The summed E-state index contributed by atoms with van der Waals surface area (Å²) in [5, 5.41) is 3.17. The lowest BCUT2D eigenvalue weighted by Gasteiger charge is -2.31. The minimum atomic E-state index is 0.107. The zero-order valence-electron chi connectivity index (χ0n) is 8.75. The van der Waals surface area contributed by atoms with Crippen molar-refractivity contribution in [2.75, 3.05) is 26.7 Å². The molecule has 1 N–H and O–H groups in total. The minimum absolute atomic E-state index is 0.107. The summed E-state index contributed by atoms with van der Waals surface area (Å²) in [5.74, 6) is 3.22. The van der Waals surface area contributed by atoms with Crippen molar-refractivity contribution in [2.45, 2.75) is 19.3 Å². The van der Waals surface area contributed by atoms with Gasteiger partial charge in [0.15, 0.2) is 0 Å². The Hall–Kier alpha value is -1.01. The topological polar surface area (TPSA) is 32.3 Å². The number of nitrogens with one attached hydrogen (secondary N) is 1. The summed E-state index contributed by atoms with van der Waals surface area (Å²) in [6, 6.07) is 0. The van der Waals surface area contributed by atoms with Gasteiger partial charge in [0.1, 0.15) is 0 Å². The quantitative estimate of drug-likeness (QED) is 0.662. The van der Waals surface area contributed by atoms with Gasteiger partial charge >= 0.3 is 0 Å². The Bertz CT molecular complexity index is 224. The van der Waals surface area contributed by atoms with Crippen LogP contribution in [0.15, 0.2) is 0 Å². The van der Waals surface area contributed by atoms with E-state index in [-0.39, 0.29) is 12.3 Å². The van der Waals surface area contributed by atoms with Crippen LogP contribution >= 0.6 is 0 Å². The molecule has 1 aliphatic heterocycles. The largest absolute Gasteiger partial charge is 0.342 e. The van der Waals surface area contributed by atoms with Gasteiger partial charge in [-0.15, -0.1) is 6.42 Å². The Morgan fingerprint density at radius 2 is 2.21 bits per heavy atom. The van der Waals surface area contributed by atoms with E-state index < -0.39 is 0 Å². The SMILES string of the molecule is C#CCC(=O)N1CCC(CNC)CC1. The molecule has 78 valence electrons. The maximum atomic E-state index is 11.4. The average molecular weight is 194 g/mol. The highest BCUT2D eigenvalue weighted by atomic mass is 16.2. The highest BCUT2D eigenvalue weighted by Gasteiger charge is 2.21. The molecule has 0 atom stereocenters. The molecule has 0 saturated carbocycles. The summed E-state index contributed by atoms with van der Waals surface area (Å²) in [7, 11) is 1.97. The van der Waals surface area contributed by atoms with Crippen molar-refractivity contribution in [3.8, 4) is 12.3 Å². The van der Waals surface area contributed by atoms with E-state index in [0.717, 1.165) is 38.4 Å². The average Bonchev–Trinajstić information content (AvgIpc) is 2.20. The second kappa shape index (κ2) is 5.66. The number of piperidine rings is 1. The van der Waals surface area contributed by atoms with Gasteiger partial charge in [-0.2, -0.15) is 0 Å². The van der Waals surface area contributed by atoms with Gasteiger partial charge in [0.25, 0.3) is 0 Å². The van der Waals surface area contributed by atoms with Crippen molar-refractivity contribution in [1.29, 1.82) is 0 Å². The molecule has 0 aromatic rings. The van der Waals surface area contributed by atoms with E-state index >= 15 is 0 Å². The van der Waals surface area contributed by atoms with Crippen LogP contribution in [0.3, 0.4) is 0 Å². The molecule has 0 aliphatic carbocycles. The molecule has 1 heterocycles. The summed E-state index contributed by atoms with van der Waals surface area (Å²) < 4.78 is 0. The highest BCUT2D eigenvalue weighted by Crippen LogP contribution is 2.16. The zero-order chi connectivity index (χ0) is 10.4. The fraction of sp³-hybridized carbons (Fsp3) is 0.727. The predicted molar refractivity (Wildman–Crippen MR) is 56.7 cm³/mol. The Labute approximate surface area is 85.9 Å². The number of carbonyl (C=O) groups excluding carboxylic acids is 1. The first-order chi connectivity index (χ1) is 6.77. The number of nitrogens with zero attached hydrogens (tertiary/aromatic N) is 1. The number of rotatable bonds is 3. The van der Waals surface area contributed by atoms with Crippen LogP contribution in [0.4, 0.5) is 0 Å². The third-order valence-corrected chi connectivity index (χ3v) is 2.71. The number of hydrogen-bond donors (Lipinski definition) is 1. The summed E-state index contributed by atoms with van der Waals surface area (Å²) in [4.78, 5) is 13.3. The molecule has 3 heteroatoms. The Kier molecular flexibility index (Phi) is 4.48. The van der Waals surface area contributed by atoms with Gasteiger partial charge in [0.05, 0.1) is 6.42 Å². The van der Waals surface area contributed by atoms with Crippen molar-refractivity contribution in [2.24, 2.45) is 5.92 Å². The molecular formula is C11H18N2O. The summed E-state index contributed by atoms with van der Waals surface area (Å²) in [6.07, 6.45) is 7.54. The van der Waals surface area contributed by atoms with Crippen molar-refractivity contribution >= 4 is 5.91 Å². The fourth-order valence-electron chi connectivity index (χ4n) is 1.87. The van der Waals surface area contributed by atoms with Crippen LogP contribution in [0.5, 0.6) is 0 Å². The minimum Gasteiger partial charge on any atom is -0.342 e. The van der Waals surface area contributed by atoms with E-state index in [1.54, 1.807) is 0 Å². The number of likely N-dealkylation sites (tertiary alicyclic amines) is 1. The van der Waals surface area contributed by atoms with Gasteiger partial charge in [0, 0.05) is 13.1 Å². The normalized spacial score (nSPS) is 17.9. The molecule has 14 heavy (non-hydrogen) atoms. The maximum absolute atomic E-state index is 11.4. The zero-order valence-corrected chi connectivity index (χ0v) is 8.75. The van der Waals surface area contributed by atoms with E-state index in [0.29, 0.717) is 0 Å². The maximum Gasteiger partial charge on any atom is 0.234 e. The smallest absolute Gasteiger partial charge is 0.234 e. The lowest BCUT2D eigenvalue weighted by Crippen LogP contribution is -2.40. The monoisotopic (exact) mass is 194 g/mol. The Morgan fingerprint density at radius 3 is 2.71 bits per heavy atom. The molecule has 1 amide bonds. The molecule has 3 nitrogen and oxygen atoms in total. The van der Waals surface area contributed by atoms with Crippen LogP contribution in [-0.4, -0.2) is 37.5 Å². The first-order valence-corrected chi connectivity index (χ1v) is 5.13. The lowest BCUT2D eigenvalue weighted by molar-refractivity contribution is -0.131. The van der Waals surface area contributed by atoms with Crippen molar-refractivity contribution in [3.05, 3.63) is 0 Å². The van der Waals surface area contributed by atoms with Gasteiger partial charge in [-0.1, -0.05) is 5.92 Å². The number of amides is 1. The highest BCUT2D eigenvalue weighted by molar-refractivity contribution is 5.78. The molecule has 1 rings (SSSR count). The molecule has 0 unspecified atom stereocenters. The van der Waals surface area contributed by atoms with Crippen molar-refractivity contribution in [1.82, 2.24) is 10.2 Å². The van der Waals surface area contributed by atoms with Gasteiger partial charge in [-0.3, -0.25) is 4.79 Å². The molecular weight excluding hydrogens is 176 g/mol. The van der Waals surface area contributed by atoms with Gasteiger partial charge in [-0.05, 0) is 32.4 Å². The Balaban J connectivity index is 2.29. The van der Waals surface area contributed by atoms with Crippen LogP contribution in [0, 0.1) is 18.3 Å². The Morgan fingerprint density at radius 1 is 1.57 bits per heavy atom. The van der Waals surface area contributed by atoms with Crippen LogP contribution in [-0.2, 0) is 4.79 Å². The number of hydrogen-bond acceptors (Lipinski definition) is 2. The van der Waals surface area contributed by atoms with Gasteiger partial charge in [-0.25, -0.2) is 0 Å². The van der Waals surface area contributed by atoms with E-state index in [1.807, 2.05) is 11.9 Å². The second-order valence-electron chi connectivity index (χ2n) is 3.76. The summed E-state index contributed by atoms with van der Waals surface area (Å²) in [6.45, 7) is 2.79. The third-order valence-electron chi connectivity index (χ3n) is 2.71. The molecule has 0 radical (unpaired) electrons. The second-order valence-corrected chi connectivity index (χ2v) is 3.76. The van der Waals surface area contributed by atoms with Gasteiger partial charge in [0.2, 0.25) is 5.91 Å². The van der Waals surface area contributed by atoms with Crippen molar-refractivity contribution < 1.29 is 4.79 Å².